The maximum absolute atomic E-state index is 12.2. The summed E-state index contributed by atoms with van der Waals surface area (Å²) in [6.45, 7) is 3.94. The molecule has 1 unspecified atom stereocenters. The fourth-order valence-electron chi connectivity index (χ4n) is 6.14. The average Bonchev–Trinajstić information content (AvgIpc) is 3.29. The average molecular weight is 867 g/mol. The maximum atomic E-state index is 12.2. The van der Waals surface area contributed by atoms with Crippen molar-refractivity contribution in [2.75, 3.05) is 13.2 Å². The molecular formula is C58H90O5. The topological polar surface area (TPSA) is 72.8 Å². The van der Waals surface area contributed by atoms with E-state index in [1.807, 2.05) is 0 Å². The summed E-state index contributed by atoms with van der Waals surface area (Å²) < 4.78 is 10.6. The Morgan fingerprint density at radius 3 is 1.06 bits per heavy atom. The number of aliphatic hydroxyl groups is 1. The number of hydrogen-bond donors (Lipinski definition) is 1. The second-order valence-corrected chi connectivity index (χ2v) is 15.8. The summed E-state index contributed by atoms with van der Waals surface area (Å²) in [6, 6.07) is 0. The van der Waals surface area contributed by atoms with Crippen molar-refractivity contribution in [1.29, 1.82) is 0 Å². The number of carbonyl (C=O) groups excluding carboxylic acids is 2. The van der Waals surface area contributed by atoms with Gasteiger partial charge in [-0.15, -0.1) is 0 Å². The molecule has 0 rings (SSSR count). The molecule has 0 aromatic carbocycles. The van der Waals surface area contributed by atoms with Crippen LogP contribution in [-0.4, -0.2) is 36.4 Å². The highest BCUT2D eigenvalue weighted by atomic mass is 16.6. The van der Waals surface area contributed by atoms with E-state index in [9.17, 15) is 14.7 Å². The molecule has 1 atom stereocenters. The highest BCUT2D eigenvalue weighted by Crippen LogP contribution is 2.10. The van der Waals surface area contributed by atoms with Crippen LogP contribution in [0.15, 0.2) is 146 Å². The lowest BCUT2D eigenvalue weighted by molar-refractivity contribution is -0.161. The molecule has 1 N–H and O–H groups in total. The van der Waals surface area contributed by atoms with Crippen molar-refractivity contribution >= 4 is 11.9 Å². The predicted octanol–water partition coefficient (Wildman–Crippen LogP) is 16.7. The minimum Gasteiger partial charge on any atom is -0.462 e. The van der Waals surface area contributed by atoms with Crippen molar-refractivity contribution in [2.45, 2.75) is 193 Å². The first-order valence-electron chi connectivity index (χ1n) is 24.9. The maximum Gasteiger partial charge on any atom is 0.306 e. The van der Waals surface area contributed by atoms with Gasteiger partial charge in [0.25, 0.3) is 0 Å². The van der Waals surface area contributed by atoms with Crippen molar-refractivity contribution in [1.82, 2.24) is 0 Å². The molecule has 63 heavy (non-hydrogen) atoms. The van der Waals surface area contributed by atoms with Crippen molar-refractivity contribution in [3.05, 3.63) is 146 Å². The van der Waals surface area contributed by atoms with Crippen LogP contribution in [0, 0.1) is 0 Å². The van der Waals surface area contributed by atoms with Gasteiger partial charge in [-0.1, -0.05) is 198 Å². The van der Waals surface area contributed by atoms with Crippen LogP contribution in [0.4, 0.5) is 0 Å². The summed E-state index contributed by atoms with van der Waals surface area (Å²) in [5.41, 5.74) is 0. The lowest BCUT2D eigenvalue weighted by Gasteiger charge is -2.15. The number of carbonyl (C=O) groups is 2. The molecule has 0 saturated heterocycles. The van der Waals surface area contributed by atoms with Crippen LogP contribution in [0.2, 0.25) is 0 Å². The standard InChI is InChI=1S/C58H90O5/c1-3-5-7-9-11-13-15-17-19-21-22-23-24-25-26-27-28-29-30-31-32-33-34-35-36-37-39-41-43-45-47-49-51-53-58(61)63-56(54-59)55-62-57(60)52-50-48-46-44-42-40-38-20-18-16-14-12-10-8-6-4-2/h5,7,11,13-14,16-17,19-20,22-23,25-26,28-29,31-32,34-35,37-39,43,45,56,59H,3-4,6,8-10,12,15,18,21,24,27,30,33,36,40-42,44,46-55H2,1-2H3/b7-5-,13-11-,16-14-,19-17-,23-22-,26-25-,29-28-,32-31-,35-34-,38-20-,39-37-,45-43-. The number of esters is 2. The molecule has 5 nitrogen and oxygen atoms in total. The molecule has 0 aliphatic rings. The Balaban J connectivity index is 3.73. The van der Waals surface area contributed by atoms with Crippen LogP contribution in [0.25, 0.3) is 0 Å². The van der Waals surface area contributed by atoms with Gasteiger partial charge in [0.05, 0.1) is 6.61 Å². The van der Waals surface area contributed by atoms with Crippen LogP contribution in [0.1, 0.15) is 187 Å². The molecule has 0 radical (unpaired) electrons. The van der Waals surface area contributed by atoms with Gasteiger partial charge in [0.2, 0.25) is 0 Å². The van der Waals surface area contributed by atoms with E-state index in [4.69, 9.17) is 9.47 Å². The summed E-state index contributed by atoms with van der Waals surface area (Å²) in [7, 11) is 0. The van der Waals surface area contributed by atoms with Gasteiger partial charge < -0.3 is 14.6 Å². The monoisotopic (exact) mass is 867 g/mol. The van der Waals surface area contributed by atoms with Crippen LogP contribution >= 0.6 is 0 Å². The van der Waals surface area contributed by atoms with E-state index in [-0.39, 0.29) is 31.6 Å². The predicted molar refractivity (Wildman–Crippen MR) is 274 cm³/mol. The molecular weight excluding hydrogens is 777 g/mol. The van der Waals surface area contributed by atoms with Gasteiger partial charge in [0.15, 0.2) is 6.10 Å². The van der Waals surface area contributed by atoms with Gasteiger partial charge >= 0.3 is 11.9 Å². The SMILES string of the molecule is CC/C=C\C/C=C\C/C=C\C/C=C\C/C=C\C/C=C\C/C=C\C/C=C\C/C=C\C/C=C\CCCCC(=O)OC(CO)COC(=O)CCCCCCC/C=C\C/C=C\CCCCCC. The molecule has 0 aromatic heterocycles. The molecule has 0 amide bonds. The van der Waals surface area contributed by atoms with Crippen molar-refractivity contribution in [2.24, 2.45) is 0 Å². The number of aliphatic hydroxyl groups excluding tert-OH is 1. The third-order valence-corrected chi connectivity index (χ3v) is 9.87. The minimum atomic E-state index is -0.812. The first-order chi connectivity index (χ1) is 31.1. The van der Waals surface area contributed by atoms with Crippen molar-refractivity contribution < 1.29 is 24.2 Å². The van der Waals surface area contributed by atoms with E-state index in [0.717, 1.165) is 116 Å². The summed E-state index contributed by atoms with van der Waals surface area (Å²) in [5, 5.41) is 9.60. The van der Waals surface area contributed by atoms with E-state index in [0.29, 0.717) is 12.8 Å². The molecule has 5 heteroatoms. The van der Waals surface area contributed by atoms with Crippen LogP contribution in [0.3, 0.4) is 0 Å². The largest absolute Gasteiger partial charge is 0.462 e. The molecule has 0 heterocycles. The lowest BCUT2D eigenvalue weighted by atomic mass is 10.1. The van der Waals surface area contributed by atoms with Gasteiger partial charge in [0.1, 0.15) is 6.61 Å². The van der Waals surface area contributed by atoms with Crippen LogP contribution in [0.5, 0.6) is 0 Å². The second kappa shape index (κ2) is 52.1. The Morgan fingerprint density at radius 1 is 0.381 bits per heavy atom. The molecule has 0 aliphatic carbocycles. The fourth-order valence-corrected chi connectivity index (χ4v) is 6.14. The number of hydrogen-bond acceptors (Lipinski definition) is 5. The number of unbranched alkanes of at least 4 members (excludes halogenated alkanes) is 11. The van der Waals surface area contributed by atoms with Crippen LogP contribution in [-0.2, 0) is 19.1 Å². The Labute approximate surface area is 387 Å². The van der Waals surface area contributed by atoms with Gasteiger partial charge in [-0.3, -0.25) is 9.59 Å². The van der Waals surface area contributed by atoms with Gasteiger partial charge in [0, 0.05) is 12.8 Å². The Hall–Kier alpha value is -4.22. The number of rotatable bonds is 43. The number of allylic oxidation sites excluding steroid dienone is 24. The summed E-state index contributed by atoms with van der Waals surface area (Å²) >= 11 is 0. The zero-order valence-corrected chi connectivity index (χ0v) is 40.0. The Kier molecular flexibility index (Phi) is 48.6. The third kappa shape index (κ3) is 50.3. The zero-order valence-electron chi connectivity index (χ0n) is 40.0. The highest BCUT2D eigenvalue weighted by Gasteiger charge is 2.16. The molecule has 0 spiro atoms. The Morgan fingerprint density at radius 2 is 0.683 bits per heavy atom. The first-order valence-corrected chi connectivity index (χ1v) is 24.9. The minimum absolute atomic E-state index is 0.101. The quantitative estimate of drug-likeness (QED) is 0.0375. The van der Waals surface area contributed by atoms with Gasteiger partial charge in [-0.25, -0.2) is 0 Å². The third-order valence-electron chi connectivity index (χ3n) is 9.87. The van der Waals surface area contributed by atoms with Gasteiger partial charge in [-0.2, -0.15) is 0 Å². The highest BCUT2D eigenvalue weighted by molar-refractivity contribution is 5.70. The van der Waals surface area contributed by atoms with E-state index in [1.165, 1.54) is 38.5 Å². The number of ether oxygens (including phenoxy) is 2. The molecule has 0 aromatic rings. The van der Waals surface area contributed by atoms with Gasteiger partial charge in [-0.05, 0) is 122 Å². The zero-order chi connectivity index (χ0) is 45.6. The van der Waals surface area contributed by atoms with E-state index >= 15 is 0 Å². The van der Waals surface area contributed by atoms with Crippen molar-refractivity contribution in [3.8, 4) is 0 Å². The lowest BCUT2D eigenvalue weighted by Crippen LogP contribution is -2.28. The first kappa shape index (κ1) is 58.8. The molecule has 352 valence electrons. The Bertz CT molecular complexity index is 1400. The van der Waals surface area contributed by atoms with Crippen molar-refractivity contribution in [3.63, 3.8) is 0 Å². The fraction of sp³-hybridized carbons (Fsp3) is 0.552. The molecule has 0 saturated carbocycles. The normalized spacial score (nSPS) is 13.5. The smallest absolute Gasteiger partial charge is 0.306 e. The van der Waals surface area contributed by atoms with E-state index in [1.54, 1.807) is 0 Å². The second-order valence-electron chi connectivity index (χ2n) is 15.8. The molecule has 0 bridgehead atoms. The summed E-state index contributed by atoms with van der Waals surface area (Å²) in [6.07, 6.45) is 79.3. The molecule has 0 fully saturated rings. The summed E-state index contributed by atoms with van der Waals surface area (Å²) in [4.78, 5) is 24.4. The summed E-state index contributed by atoms with van der Waals surface area (Å²) in [5.74, 6) is -0.671. The van der Waals surface area contributed by atoms with Crippen LogP contribution < -0.4 is 0 Å². The molecule has 0 aliphatic heterocycles. The van der Waals surface area contributed by atoms with E-state index < -0.39 is 6.10 Å². The van der Waals surface area contributed by atoms with E-state index in [2.05, 4.69) is 160 Å².